The quantitative estimate of drug-likeness (QED) is 0.758. The second-order valence-electron chi connectivity index (χ2n) is 6.11. The Labute approximate surface area is 154 Å². The Morgan fingerprint density at radius 2 is 1.74 bits per heavy atom. The minimum Gasteiger partial charge on any atom is -0.456 e. The molecule has 144 valence electrons. The van der Waals surface area contributed by atoms with E-state index in [4.69, 9.17) is 14.2 Å². The van der Waals surface area contributed by atoms with Gasteiger partial charge in [-0.3, -0.25) is 19.0 Å². The molecule has 3 rings (SSSR count). The molecule has 2 aromatic heterocycles. The van der Waals surface area contributed by atoms with E-state index in [1.165, 1.54) is 33.4 Å². The molecule has 0 radical (unpaired) electrons. The summed E-state index contributed by atoms with van der Waals surface area (Å²) >= 11 is 0. The van der Waals surface area contributed by atoms with E-state index in [1.54, 1.807) is 11.5 Å². The minimum absolute atomic E-state index is 0.248. The molecular formula is C16H19N5O6. The van der Waals surface area contributed by atoms with Crippen LogP contribution in [0, 0.1) is 0 Å². The molecule has 1 aliphatic rings. The summed E-state index contributed by atoms with van der Waals surface area (Å²) in [5.41, 5.74) is 0.716. The summed E-state index contributed by atoms with van der Waals surface area (Å²) in [5, 5.41) is 2.58. The maximum absolute atomic E-state index is 11.6. The van der Waals surface area contributed by atoms with Gasteiger partial charge in [-0.15, -0.1) is 0 Å². The van der Waals surface area contributed by atoms with Gasteiger partial charge in [0, 0.05) is 20.8 Å². The van der Waals surface area contributed by atoms with Gasteiger partial charge in [0.15, 0.2) is 35.4 Å². The fourth-order valence-corrected chi connectivity index (χ4v) is 3.00. The number of carbonyl (C=O) groups is 3. The first-order valence-corrected chi connectivity index (χ1v) is 8.23. The van der Waals surface area contributed by atoms with Crippen molar-refractivity contribution in [3.63, 3.8) is 0 Å². The van der Waals surface area contributed by atoms with Crippen LogP contribution >= 0.6 is 0 Å². The molecule has 4 atom stereocenters. The van der Waals surface area contributed by atoms with Gasteiger partial charge in [0.05, 0.1) is 12.4 Å². The number of fused-ring (bicyclic) bond motifs is 1. The van der Waals surface area contributed by atoms with Gasteiger partial charge in [-0.25, -0.2) is 15.0 Å². The molecule has 1 amide bonds. The molecular weight excluding hydrogens is 358 g/mol. The van der Waals surface area contributed by atoms with Gasteiger partial charge in [-0.2, -0.15) is 0 Å². The van der Waals surface area contributed by atoms with Gasteiger partial charge in [-0.05, 0) is 6.92 Å². The minimum atomic E-state index is -0.891. The average Bonchev–Trinajstić information content (AvgIpc) is 3.10. The third-order valence-corrected chi connectivity index (χ3v) is 3.95. The zero-order valence-electron chi connectivity index (χ0n) is 15.2. The van der Waals surface area contributed by atoms with E-state index in [2.05, 4.69) is 20.3 Å². The van der Waals surface area contributed by atoms with Crippen LogP contribution in [0.15, 0.2) is 12.7 Å². The maximum Gasteiger partial charge on any atom is 0.303 e. The zero-order valence-corrected chi connectivity index (χ0v) is 15.2. The highest BCUT2D eigenvalue weighted by Gasteiger charge is 2.48. The number of amides is 1. The van der Waals surface area contributed by atoms with Crippen molar-refractivity contribution in [2.24, 2.45) is 0 Å². The van der Waals surface area contributed by atoms with Crippen molar-refractivity contribution in [1.29, 1.82) is 0 Å². The summed E-state index contributed by atoms with van der Waals surface area (Å²) in [6.45, 7) is 5.59. The van der Waals surface area contributed by atoms with Crippen LogP contribution in [0.4, 0.5) is 5.82 Å². The molecule has 1 saturated heterocycles. The first-order chi connectivity index (χ1) is 12.8. The lowest BCUT2D eigenvalue weighted by Crippen LogP contribution is -2.38. The smallest absolute Gasteiger partial charge is 0.303 e. The summed E-state index contributed by atoms with van der Waals surface area (Å²) in [6, 6.07) is 0. The molecule has 0 spiro atoms. The van der Waals surface area contributed by atoms with E-state index in [0.29, 0.717) is 11.2 Å². The van der Waals surface area contributed by atoms with Gasteiger partial charge < -0.3 is 19.5 Å². The van der Waals surface area contributed by atoms with Gasteiger partial charge in [0.25, 0.3) is 0 Å². The SMILES string of the molecule is CC(=O)Nc1ncnc2c1ncn2[C@@H]1O[C@H](C)[C@@H](OC(C)=O)[C@H]1OC(C)=O. The van der Waals surface area contributed by atoms with Crippen molar-refractivity contribution in [3.05, 3.63) is 12.7 Å². The summed E-state index contributed by atoms with van der Waals surface area (Å²) in [6.07, 6.45) is -0.317. The fraction of sp³-hybridized carbons (Fsp3) is 0.500. The van der Waals surface area contributed by atoms with Crippen molar-refractivity contribution >= 4 is 34.8 Å². The predicted molar refractivity (Wildman–Crippen MR) is 90.3 cm³/mol. The Balaban J connectivity index is 2.02. The van der Waals surface area contributed by atoms with Gasteiger partial charge in [0.2, 0.25) is 5.91 Å². The van der Waals surface area contributed by atoms with Crippen molar-refractivity contribution < 1.29 is 28.6 Å². The maximum atomic E-state index is 11.6. The van der Waals surface area contributed by atoms with E-state index >= 15 is 0 Å². The third kappa shape index (κ3) is 3.72. The number of imidazole rings is 1. The molecule has 0 aliphatic carbocycles. The van der Waals surface area contributed by atoms with Crippen LogP contribution in [0.25, 0.3) is 11.2 Å². The molecule has 1 fully saturated rings. The molecule has 11 nitrogen and oxygen atoms in total. The number of ether oxygens (including phenoxy) is 3. The van der Waals surface area contributed by atoms with E-state index in [-0.39, 0.29) is 11.7 Å². The Morgan fingerprint density at radius 3 is 2.37 bits per heavy atom. The van der Waals surface area contributed by atoms with Crippen LogP contribution in [0.1, 0.15) is 33.9 Å². The molecule has 2 aromatic rings. The molecule has 0 bridgehead atoms. The summed E-state index contributed by atoms with van der Waals surface area (Å²) in [4.78, 5) is 46.8. The zero-order chi connectivity index (χ0) is 19.7. The monoisotopic (exact) mass is 377 g/mol. The van der Waals surface area contributed by atoms with Crippen molar-refractivity contribution in [3.8, 4) is 0 Å². The molecule has 3 heterocycles. The number of anilines is 1. The number of aromatic nitrogens is 4. The Bertz CT molecular complexity index is 897. The first kappa shape index (κ1) is 18.7. The van der Waals surface area contributed by atoms with Crippen molar-refractivity contribution in [2.45, 2.75) is 52.2 Å². The average molecular weight is 377 g/mol. The van der Waals surface area contributed by atoms with E-state index < -0.39 is 36.5 Å². The highest BCUT2D eigenvalue weighted by Crippen LogP contribution is 2.35. The second kappa shape index (κ2) is 7.27. The second-order valence-corrected chi connectivity index (χ2v) is 6.11. The highest BCUT2D eigenvalue weighted by molar-refractivity contribution is 5.95. The van der Waals surface area contributed by atoms with Crippen LogP contribution in [0.2, 0.25) is 0 Å². The highest BCUT2D eigenvalue weighted by atomic mass is 16.6. The number of nitrogens with one attached hydrogen (secondary N) is 1. The molecule has 11 heteroatoms. The number of carbonyl (C=O) groups excluding carboxylic acids is 3. The molecule has 0 unspecified atom stereocenters. The lowest BCUT2D eigenvalue weighted by atomic mass is 10.1. The third-order valence-electron chi connectivity index (χ3n) is 3.95. The molecule has 0 aromatic carbocycles. The Kier molecular flexibility index (Phi) is 5.04. The first-order valence-electron chi connectivity index (χ1n) is 8.23. The molecule has 1 N–H and O–H groups in total. The normalized spacial score (nSPS) is 24.6. The van der Waals surface area contributed by atoms with Crippen molar-refractivity contribution in [1.82, 2.24) is 19.5 Å². The molecule has 27 heavy (non-hydrogen) atoms. The summed E-state index contributed by atoms with van der Waals surface area (Å²) < 4.78 is 18.1. The van der Waals surface area contributed by atoms with Crippen LogP contribution in [-0.4, -0.2) is 55.7 Å². The largest absolute Gasteiger partial charge is 0.456 e. The van der Waals surface area contributed by atoms with Crippen molar-refractivity contribution in [2.75, 3.05) is 5.32 Å². The van der Waals surface area contributed by atoms with Gasteiger partial charge in [0.1, 0.15) is 6.33 Å². The van der Waals surface area contributed by atoms with E-state index in [0.717, 1.165) is 0 Å². The number of esters is 2. The van der Waals surface area contributed by atoms with Crippen LogP contribution < -0.4 is 5.32 Å². The van der Waals surface area contributed by atoms with Crippen LogP contribution in [-0.2, 0) is 28.6 Å². The van der Waals surface area contributed by atoms with E-state index in [9.17, 15) is 14.4 Å². The topological polar surface area (TPSA) is 135 Å². The lowest BCUT2D eigenvalue weighted by Gasteiger charge is -2.23. The Morgan fingerprint density at radius 1 is 1.07 bits per heavy atom. The number of nitrogens with zero attached hydrogens (tertiary/aromatic N) is 4. The predicted octanol–water partition coefficient (Wildman–Crippen LogP) is 0.565. The molecule has 0 saturated carbocycles. The fourth-order valence-electron chi connectivity index (χ4n) is 3.00. The number of hydrogen-bond donors (Lipinski definition) is 1. The number of hydrogen-bond acceptors (Lipinski definition) is 9. The number of rotatable bonds is 4. The van der Waals surface area contributed by atoms with Gasteiger partial charge in [-0.1, -0.05) is 0 Å². The molecule has 1 aliphatic heterocycles. The van der Waals surface area contributed by atoms with E-state index in [1.807, 2.05) is 0 Å². The summed E-state index contributed by atoms with van der Waals surface area (Å²) in [7, 11) is 0. The standard InChI is InChI=1S/C16H19N5O6/c1-7-12(26-9(3)23)13(27-10(4)24)16(25-7)21-6-19-11-14(20-8(2)22)17-5-18-15(11)21/h5-7,12-13,16H,1-4H3,(H,17,18,20,22)/t7-,12-,13-,16-/m1/s1. The summed E-state index contributed by atoms with van der Waals surface area (Å²) in [5.74, 6) is -1.11. The van der Waals surface area contributed by atoms with Gasteiger partial charge >= 0.3 is 11.9 Å². The van der Waals surface area contributed by atoms with Crippen LogP contribution in [0.5, 0.6) is 0 Å². The lowest BCUT2D eigenvalue weighted by molar-refractivity contribution is -0.165. The van der Waals surface area contributed by atoms with Crippen LogP contribution in [0.3, 0.4) is 0 Å². The Hall–Kier alpha value is -3.08.